The number of likely N-dealkylation sites (N-methyl/N-ethyl adjacent to an activating group) is 2. The molecule has 1 aromatic rings. The smallest absolute Gasteiger partial charge is 0.0541 e. The molecule has 0 bridgehead atoms. The predicted octanol–water partition coefficient (Wildman–Crippen LogP) is 2.10. The van der Waals surface area contributed by atoms with Crippen molar-refractivity contribution in [2.75, 3.05) is 45.2 Å². The van der Waals surface area contributed by atoms with Crippen LogP contribution in [0.2, 0.25) is 0 Å². The second kappa shape index (κ2) is 6.04. The molecule has 0 aromatic heterocycles. The van der Waals surface area contributed by atoms with Crippen LogP contribution in [0.4, 0.5) is 5.69 Å². The van der Waals surface area contributed by atoms with Crippen LogP contribution in [-0.2, 0) is 0 Å². The van der Waals surface area contributed by atoms with Gasteiger partial charge in [0.1, 0.15) is 0 Å². The summed E-state index contributed by atoms with van der Waals surface area (Å²) in [5.74, 6) is 0. The minimum atomic E-state index is 0.550. The van der Waals surface area contributed by atoms with E-state index >= 15 is 0 Å². The van der Waals surface area contributed by atoms with Crippen LogP contribution < -0.4 is 10.2 Å². The highest BCUT2D eigenvalue weighted by Gasteiger charge is 2.25. The first-order chi connectivity index (χ1) is 8.61. The third-order valence-corrected chi connectivity index (χ3v) is 4.09. The molecule has 3 nitrogen and oxygen atoms in total. The van der Waals surface area contributed by atoms with Gasteiger partial charge in [-0.15, -0.1) is 0 Å². The number of rotatable bonds is 3. The van der Waals surface area contributed by atoms with Crippen LogP contribution in [0.15, 0.2) is 22.7 Å². The van der Waals surface area contributed by atoms with E-state index in [-0.39, 0.29) is 0 Å². The zero-order valence-corrected chi connectivity index (χ0v) is 13.0. The lowest BCUT2D eigenvalue weighted by molar-refractivity contribution is 0.265. The number of nitrogens with one attached hydrogen (secondary N) is 1. The lowest BCUT2D eigenvalue weighted by Gasteiger charge is -2.42. The molecular formula is C14H22BrN3. The van der Waals surface area contributed by atoms with Crippen LogP contribution in [-0.4, -0.2) is 51.2 Å². The molecule has 1 aromatic carbocycles. The molecule has 1 N–H and O–H groups in total. The summed E-state index contributed by atoms with van der Waals surface area (Å²) in [6, 6.07) is 7.11. The average Bonchev–Trinajstić information content (AvgIpc) is 2.31. The van der Waals surface area contributed by atoms with Gasteiger partial charge in [0, 0.05) is 36.3 Å². The van der Waals surface area contributed by atoms with E-state index in [9.17, 15) is 0 Å². The fourth-order valence-electron chi connectivity index (χ4n) is 2.68. The molecule has 2 rings (SSSR count). The van der Waals surface area contributed by atoms with Crippen LogP contribution in [0.1, 0.15) is 5.56 Å². The van der Waals surface area contributed by atoms with Crippen molar-refractivity contribution in [1.82, 2.24) is 10.2 Å². The molecule has 0 saturated carbocycles. The summed E-state index contributed by atoms with van der Waals surface area (Å²) in [6.45, 7) is 6.58. The molecule has 0 amide bonds. The number of hydrogen-bond acceptors (Lipinski definition) is 3. The summed E-state index contributed by atoms with van der Waals surface area (Å²) in [7, 11) is 4.23. The molecular weight excluding hydrogens is 290 g/mol. The second-order valence-corrected chi connectivity index (χ2v) is 6.01. The van der Waals surface area contributed by atoms with E-state index in [1.54, 1.807) is 0 Å². The fraction of sp³-hybridized carbons (Fsp3) is 0.571. The van der Waals surface area contributed by atoms with E-state index in [0.717, 1.165) is 30.7 Å². The molecule has 1 atom stereocenters. The number of anilines is 1. The minimum absolute atomic E-state index is 0.550. The first-order valence-corrected chi connectivity index (χ1v) is 7.27. The van der Waals surface area contributed by atoms with Crippen molar-refractivity contribution in [3.05, 3.63) is 28.2 Å². The van der Waals surface area contributed by atoms with Crippen molar-refractivity contribution in [1.29, 1.82) is 0 Å². The van der Waals surface area contributed by atoms with Crippen molar-refractivity contribution in [3.8, 4) is 0 Å². The van der Waals surface area contributed by atoms with E-state index in [4.69, 9.17) is 0 Å². The van der Waals surface area contributed by atoms with E-state index in [1.807, 2.05) is 7.05 Å². The van der Waals surface area contributed by atoms with E-state index in [2.05, 4.69) is 63.2 Å². The van der Waals surface area contributed by atoms with Crippen molar-refractivity contribution < 1.29 is 0 Å². The molecule has 1 fully saturated rings. The van der Waals surface area contributed by atoms with E-state index < -0.39 is 0 Å². The number of piperazine rings is 1. The van der Waals surface area contributed by atoms with Crippen LogP contribution in [0, 0.1) is 6.92 Å². The Bertz CT molecular complexity index is 408. The van der Waals surface area contributed by atoms with E-state index in [0.29, 0.717) is 6.04 Å². The SMILES string of the molecule is CNCC1CN(C)CCN1c1ccc(Br)cc1C. The van der Waals surface area contributed by atoms with Gasteiger partial charge >= 0.3 is 0 Å². The molecule has 18 heavy (non-hydrogen) atoms. The molecule has 1 saturated heterocycles. The predicted molar refractivity (Wildman–Crippen MR) is 81.4 cm³/mol. The molecule has 0 aliphatic carbocycles. The first kappa shape index (κ1) is 13.8. The van der Waals surface area contributed by atoms with Gasteiger partial charge < -0.3 is 15.1 Å². The number of benzene rings is 1. The summed E-state index contributed by atoms with van der Waals surface area (Å²) in [4.78, 5) is 4.95. The number of hydrogen-bond donors (Lipinski definition) is 1. The van der Waals surface area contributed by atoms with Crippen molar-refractivity contribution >= 4 is 21.6 Å². The standard InChI is InChI=1S/C14H22BrN3/c1-11-8-12(15)4-5-14(11)18-7-6-17(3)10-13(18)9-16-2/h4-5,8,13,16H,6-7,9-10H2,1-3H3. The van der Waals surface area contributed by atoms with Gasteiger partial charge in [-0.2, -0.15) is 0 Å². The highest BCUT2D eigenvalue weighted by molar-refractivity contribution is 9.10. The molecule has 100 valence electrons. The Hall–Kier alpha value is -0.580. The lowest BCUT2D eigenvalue weighted by atomic mass is 10.1. The summed E-state index contributed by atoms with van der Waals surface area (Å²) in [5.41, 5.74) is 2.71. The van der Waals surface area contributed by atoms with Crippen LogP contribution in [0.3, 0.4) is 0 Å². The quantitative estimate of drug-likeness (QED) is 0.922. The second-order valence-electron chi connectivity index (χ2n) is 5.10. The Morgan fingerprint density at radius 1 is 1.39 bits per heavy atom. The number of halogens is 1. The van der Waals surface area contributed by atoms with Gasteiger partial charge in [-0.25, -0.2) is 0 Å². The first-order valence-electron chi connectivity index (χ1n) is 6.47. The third kappa shape index (κ3) is 3.05. The monoisotopic (exact) mass is 311 g/mol. The van der Waals surface area contributed by atoms with Crippen LogP contribution in [0.25, 0.3) is 0 Å². The van der Waals surface area contributed by atoms with Gasteiger partial charge in [-0.1, -0.05) is 15.9 Å². The third-order valence-electron chi connectivity index (χ3n) is 3.59. The molecule has 4 heteroatoms. The highest BCUT2D eigenvalue weighted by atomic mass is 79.9. The molecule has 1 heterocycles. The molecule has 1 unspecified atom stereocenters. The summed E-state index contributed by atoms with van der Waals surface area (Å²) >= 11 is 3.54. The van der Waals surface area contributed by atoms with Crippen LogP contribution in [0.5, 0.6) is 0 Å². The Morgan fingerprint density at radius 3 is 2.83 bits per heavy atom. The molecule has 0 radical (unpaired) electrons. The van der Waals surface area contributed by atoms with Crippen LogP contribution >= 0.6 is 15.9 Å². The number of nitrogens with zero attached hydrogens (tertiary/aromatic N) is 2. The van der Waals surface area contributed by atoms with Crippen molar-refractivity contribution in [2.24, 2.45) is 0 Å². The van der Waals surface area contributed by atoms with Gasteiger partial charge in [-0.3, -0.25) is 0 Å². The van der Waals surface area contributed by atoms with Gasteiger partial charge in [0.25, 0.3) is 0 Å². The topological polar surface area (TPSA) is 18.5 Å². The summed E-state index contributed by atoms with van der Waals surface area (Å²) in [6.07, 6.45) is 0. The molecule has 0 spiro atoms. The van der Waals surface area contributed by atoms with Gasteiger partial charge in [-0.05, 0) is 44.8 Å². The maximum absolute atomic E-state index is 3.54. The van der Waals surface area contributed by atoms with Crippen molar-refractivity contribution in [3.63, 3.8) is 0 Å². The average molecular weight is 312 g/mol. The highest BCUT2D eigenvalue weighted by Crippen LogP contribution is 2.26. The largest absolute Gasteiger partial charge is 0.364 e. The Balaban J connectivity index is 2.23. The Labute approximate surface area is 118 Å². The lowest BCUT2D eigenvalue weighted by Crippen LogP contribution is -2.55. The summed E-state index contributed by atoms with van der Waals surface area (Å²) in [5, 5.41) is 3.31. The molecule has 1 aliphatic rings. The Kier molecular flexibility index (Phi) is 4.65. The Morgan fingerprint density at radius 2 is 2.17 bits per heavy atom. The summed E-state index contributed by atoms with van der Waals surface area (Å²) < 4.78 is 1.16. The zero-order valence-electron chi connectivity index (χ0n) is 11.4. The van der Waals surface area contributed by atoms with Crippen molar-refractivity contribution in [2.45, 2.75) is 13.0 Å². The van der Waals surface area contributed by atoms with Gasteiger partial charge in [0.15, 0.2) is 0 Å². The zero-order chi connectivity index (χ0) is 13.1. The molecule has 1 aliphatic heterocycles. The fourth-order valence-corrected chi connectivity index (χ4v) is 3.15. The maximum Gasteiger partial charge on any atom is 0.0541 e. The maximum atomic E-state index is 3.54. The normalized spacial score (nSPS) is 21.3. The van der Waals surface area contributed by atoms with Gasteiger partial charge in [0.2, 0.25) is 0 Å². The number of aryl methyl sites for hydroxylation is 1. The van der Waals surface area contributed by atoms with E-state index in [1.165, 1.54) is 11.3 Å². The minimum Gasteiger partial charge on any atom is -0.364 e. The van der Waals surface area contributed by atoms with Gasteiger partial charge in [0.05, 0.1) is 6.04 Å².